The zero-order valence-corrected chi connectivity index (χ0v) is 21.0. The van der Waals surface area contributed by atoms with Gasteiger partial charge in [0.1, 0.15) is 17.2 Å². The maximum atomic E-state index is 13.8. The molecule has 5 rings (SSSR count). The zero-order chi connectivity index (χ0) is 23.8. The number of rotatable bonds is 6. The van der Waals surface area contributed by atoms with E-state index in [-0.39, 0.29) is 18.0 Å². The van der Waals surface area contributed by atoms with Crippen molar-refractivity contribution in [3.05, 3.63) is 50.5 Å². The van der Waals surface area contributed by atoms with E-state index in [2.05, 4.69) is 15.3 Å². The van der Waals surface area contributed by atoms with Crippen molar-refractivity contribution >= 4 is 44.5 Å². The molecule has 1 N–H and O–H groups in total. The molecular weight excluding hydrogens is 472 g/mol. The molecule has 1 aliphatic rings. The van der Waals surface area contributed by atoms with Crippen LogP contribution in [0.15, 0.2) is 27.7 Å². The number of aryl methyl sites for hydroxylation is 2. The van der Waals surface area contributed by atoms with Crippen molar-refractivity contribution in [3.8, 4) is 10.4 Å². The van der Waals surface area contributed by atoms with Gasteiger partial charge in [-0.25, -0.2) is 4.98 Å². The third-order valence-electron chi connectivity index (χ3n) is 6.10. The van der Waals surface area contributed by atoms with E-state index in [4.69, 9.17) is 9.72 Å². The van der Waals surface area contributed by atoms with Gasteiger partial charge in [-0.1, -0.05) is 6.07 Å². The van der Waals surface area contributed by atoms with Crippen LogP contribution < -0.4 is 10.9 Å². The lowest BCUT2D eigenvalue weighted by Crippen LogP contribution is -2.39. The molecule has 1 aliphatic heterocycles. The fraction of sp³-hybridized carbons (Fsp3) is 0.391. The van der Waals surface area contributed by atoms with Gasteiger partial charge in [-0.05, 0) is 25.3 Å². The Kier molecular flexibility index (Phi) is 6.34. The molecule has 0 atom stereocenters. The highest BCUT2D eigenvalue weighted by Gasteiger charge is 2.22. The Labute approximate surface area is 204 Å². The lowest BCUT2D eigenvalue weighted by molar-refractivity contribution is -0.116. The summed E-state index contributed by atoms with van der Waals surface area (Å²) in [5.41, 5.74) is 2.96. The molecule has 0 saturated carbocycles. The highest BCUT2D eigenvalue weighted by Crippen LogP contribution is 2.34. The molecule has 0 unspecified atom stereocenters. The number of aromatic nitrogens is 4. The predicted molar refractivity (Wildman–Crippen MR) is 135 cm³/mol. The van der Waals surface area contributed by atoms with E-state index in [9.17, 15) is 9.59 Å². The van der Waals surface area contributed by atoms with Crippen molar-refractivity contribution in [2.24, 2.45) is 7.05 Å². The van der Waals surface area contributed by atoms with Crippen molar-refractivity contribution < 1.29 is 9.53 Å². The van der Waals surface area contributed by atoms with Crippen LogP contribution >= 0.6 is 22.7 Å². The number of morpholine rings is 1. The number of hydrogen-bond donors (Lipinski definition) is 1. The van der Waals surface area contributed by atoms with E-state index in [1.165, 1.54) is 15.9 Å². The van der Waals surface area contributed by atoms with Crippen molar-refractivity contribution in [2.75, 3.05) is 31.6 Å². The summed E-state index contributed by atoms with van der Waals surface area (Å²) in [5, 5.41) is 11.9. The van der Waals surface area contributed by atoms with E-state index in [0.29, 0.717) is 41.5 Å². The van der Waals surface area contributed by atoms with Crippen LogP contribution in [0.3, 0.4) is 0 Å². The molecule has 0 aromatic carbocycles. The minimum Gasteiger partial charge on any atom is -0.379 e. The standard InChI is InChI=1S/C23H26N6O3S2/c1-14-21(15(2)27(3)26-14)25-19(30)12-29-18(11-28-6-8-32-9-7-28)24-22-20(23(29)31)16(13-34-22)17-5-4-10-33-17/h4-5,10,13H,6-9,11-12H2,1-3H3,(H,25,30). The van der Waals surface area contributed by atoms with Gasteiger partial charge in [0.2, 0.25) is 5.91 Å². The number of fused-ring (bicyclic) bond motifs is 1. The van der Waals surface area contributed by atoms with Gasteiger partial charge in [0, 0.05) is 36.0 Å². The van der Waals surface area contributed by atoms with Gasteiger partial charge in [-0.15, -0.1) is 22.7 Å². The first-order valence-electron chi connectivity index (χ1n) is 11.1. The van der Waals surface area contributed by atoms with E-state index in [1.807, 2.05) is 43.8 Å². The fourth-order valence-electron chi connectivity index (χ4n) is 4.20. The van der Waals surface area contributed by atoms with Gasteiger partial charge in [0.25, 0.3) is 5.56 Å². The van der Waals surface area contributed by atoms with Gasteiger partial charge in [-0.3, -0.25) is 23.7 Å². The van der Waals surface area contributed by atoms with Crippen LogP contribution in [-0.4, -0.2) is 56.4 Å². The Hall–Kier alpha value is -2.86. The number of anilines is 1. The first-order chi connectivity index (χ1) is 16.4. The molecule has 11 heteroatoms. The van der Waals surface area contributed by atoms with Crippen LogP contribution in [0.4, 0.5) is 5.69 Å². The lowest BCUT2D eigenvalue weighted by Gasteiger charge is -2.27. The summed E-state index contributed by atoms with van der Waals surface area (Å²) < 4.78 is 8.72. The van der Waals surface area contributed by atoms with Gasteiger partial charge in [0.15, 0.2) is 0 Å². The van der Waals surface area contributed by atoms with E-state index in [1.54, 1.807) is 16.0 Å². The molecule has 4 aromatic rings. The van der Waals surface area contributed by atoms with Gasteiger partial charge in [0.05, 0.1) is 42.2 Å². The second kappa shape index (κ2) is 9.41. The smallest absolute Gasteiger partial charge is 0.263 e. The van der Waals surface area contributed by atoms with Crippen molar-refractivity contribution in [3.63, 3.8) is 0 Å². The molecular formula is C23H26N6O3S2. The average molecular weight is 499 g/mol. The number of nitrogens with one attached hydrogen (secondary N) is 1. The molecule has 9 nitrogen and oxygen atoms in total. The number of amides is 1. The highest BCUT2D eigenvalue weighted by molar-refractivity contribution is 7.18. The van der Waals surface area contributed by atoms with Gasteiger partial charge < -0.3 is 10.1 Å². The van der Waals surface area contributed by atoms with Crippen LogP contribution in [0.2, 0.25) is 0 Å². The quantitative estimate of drug-likeness (QED) is 0.439. The molecule has 178 valence electrons. The number of carbonyl (C=O) groups excluding carboxylic acids is 1. The molecule has 0 aliphatic carbocycles. The van der Waals surface area contributed by atoms with Gasteiger partial charge >= 0.3 is 0 Å². The summed E-state index contributed by atoms with van der Waals surface area (Å²) in [6, 6.07) is 3.96. The van der Waals surface area contributed by atoms with Crippen LogP contribution in [0, 0.1) is 13.8 Å². The largest absolute Gasteiger partial charge is 0.379 e. The minimum absolute atomic E-state index is 0.116. The molecule has 5 heterocycles. The SMILES string of the molecule is Cc1nn(C)c(C)c1NC(=O)Cn1c(CN2CCOCC2)nc2scc(-c3cccs3)c2c1=O. The Morgan fingerprint density at radius 3 is 2.71 bits per heavy atom. The second-order valence-electron chi connectivity index (χ2n) is 8.33. The summed E-state index contributed by atoms with van der Waals surface area (Å²) in [6.07, 6.45) is 0. The second-order valence-corrected chi connectivity index (χ2v) is 10.1. The zero-order valence-electron chi connectivity index (χ0n) is 19.3. The van der Waals surface area contributed by atoms with Crippen LogP contribution in [0.5, 0.6) is 0 Å². The monoisotopic (exact) mass is 498 g/mol. The number of thiophene rings is 2. The molecule has 0 bridgehead atoms. The topological polar surface area (TPSA) is 94.3 Å². The Balaban J connectivity index is 1.54. The summed E-state index contributed by atoms with van der Waals surface area (Å²) >= 11 is 3.05. The normalized spacial score (nSPS) is 14.7. The van der Waals surface area contributed by atoms with E-state index < -0.39 is 0 Å². The number of carbonyl (C=O) groups is 1. The summed E-state index contributed by atoms with van der Waals surface area (Å²) in [4.78, 5) is 35.7. The Bertz CT molecular complexity index is 1400. The summed E-state index contributed by atoms with van der Waals surface area (Å²) in [7, 11) is 1.84. The van der Waals surface area contributed by atoms with E-state index >= 15 is 0 Å². The third kappa shape index (κ3) is 4.31. The summed E-state index contributed by atoms with van der Waals surface area (Å²) in [6.45, 7) is 6.94. The van der Waals surface area contributed by atoms with Crippen molar-refractivity contribution in [1.29, 1.82) is 0 Å². The molecule has 34 heavy (non-hydrogen) atoms. The number of hydrogen-bond acceptors (Lipinski definition) is 8. The highest BCUT2D eigenvalue weighted by atomic mass is 32.1. The minimum atomic E-state index is -0.279. The Morgan fingerprint density at radius 2 is 2.03 bits per heavy atom. The first-order valence-corrected chi connectivity index (χ1v) is 12.8. The molecule has 4 aromatic heterocycles. The van der Waals surface area contributed by atoms with Crippen LogP contribution in [-0.2, 0) is 29.7 Å². The van der Waals surface area contributed by atoms with Crippen LogP contribution in [0.25, 0.3) is 20.7 Å². The van der Waals surface area contributed by atoms with Gasteiger partial charge in [-0.2, -0.15) is 5.10 Å². The number of nitrogens with zero attached hydrogens (tertiary/aromatic N) is 5. The fourth-order valence-corrected chi connectivity index (χ4v) is 5.97. The average Bonchev–Trinajstić information content (AvgIpc) is 3.54. The Morgan fingerprint density at radius 1 is 1.24 bits per heavy atom. The molecule has 1 saturated heterocycles. The first kappa shape index (κ1) is 22.9. The van der Waals surface area contributed by atoms with E-state index in [0.717, 1.165) is 34.9 Å². The molecule has 1 amide bonds. The lowest BCUT2D eigenvalue weighted by atomic mass is 10.2. The van der Waals surface area contributed by atoms with Crippen molar-refractivity contribution in [1.82, 2.24) is 24.2 Å². The molecule has 0 spiro atoms. The summed E-state index contributed by atoms with van der Waals surface area (Å²) in [5.74, 6) is 0.312. The van der Waals surface area contributed by atoms with Crippen molar-refractivity contribution in [2.45, 2.75) is 26.9 Å². The predicted octanol–water partition coefficient (Wildman–Crippen LogP) is 3.01. The molecule has 1 fully saturated rings. The molecule has 0 radical (unpaired) electrons. The maximum Gasteiger partial charge on any atom is 0.263 e. The van der Waals surface area contributed by atoms with Crippen LogP contribution in [0.1, 0.15) is 17.2 Å². The maximum absolute atomic E-state index is 13.8. The third-order valence-corrected chi connectivity index (χ3v) is 7.88. The number of ether oxygens (including phenoxy) is 1.